The van der Waals surface area contributed by atoms with E-state index in [-0.39, 0.29) is 11.9 Å². The van der Waals surface area contributed by atoms with Gasteiger partial charge in [0.1, 0.15) is 6.04 Å². The number of likely N-dealkylation sites (N-methyl/N-ethyl adjacent to an activating group) is 1. The molecular weight excluding hydrogens is 144 g/mol. The summed E-state index contributed by atoms with van der Waals surface area (Å²) >= 11 is 0. The van der Waals surface area contributed by atoms with E-state index >= 15 is 0 Å². The second-order valence-corrected chi connectivity index (χ2v) is 2.48. The number of nitrogens with zero attached hydrogens (tertiary/aromatic N) is 1. The van der Waals surface area contributed by atoms with Crippen molar-refractivity contribution in [3.05, 3.63) is 0 Å². The molecule has 0 saturated carbocycles. The van der Waals surface area contributed by atoms with Crippen molar-refractivity contribution < 1.29 is 9.59 Å². The molecule has 1 heterocycles. The van der Waals surface area contributed by atoms with E-state index in [9.17, 15) is 9.59 Å². The fourth-order valence-corrected chi connectivity index (χ4v) is 1.06. The van der Waals surface area contributed by atoms with E-state index in [1.165, 1.54) is 4.90 Å². The molecule has 0 aromatic carbocycles. The van der Waals surface area contributed by atoms with Gasteiger partial charge in [-0.1, -0.05) is 0 Å². The van der Waals surface area contributed by atoms with Crippen molar-refractivity contribution in [2.75, 3.05) is 13.1 Å². The summed E-state index contributed by atoms with van der Waals surface area (Å²) in [5.74, 6) is -0.0675. The zero-order valence-electron chi connectivity index (χ0n) is 6.46. The minimum atomic E-state index is -0.257. The first-order valence-corrected chi connectivity index (χ1v) is 3.71. The van der Waals surface area contributed by atoms with Gasteiger partial charge in [0.2, 0.25) is 5.91 Å². The van der Waals surface area contributed by atoms with Gasteiger partial charge in [0.05, 0.1) is 0 Å². The lowest BCUT2D eigenvalue weighted by Crippen LogP contribution is -2.55. The number of rotatable bonds is 3. The number of amides is 2. The lowest BCUT2D eigenvalue weighted by molar-refractivity contribution is -0.128. The summed E-state index contributed by atoms with van der Waals surface area (Å²) < 4.78 is 0. The van der Waals surface area contributed by atoms with Gasteiger partial charge in [0, 0.05) is 13.1 Å². The van der Waals surface area contributed by atoms with Crippen molar-refractivity contribution in [3.63, 3.8) is 0 Å². The summed E-state index contributed by atoms with van der Waals surface area (Å²) in [5, 5.41) is 2.65. The molecule has 1 atom stereocenters. The van der Waals surface area contributed by atoms with Crippen molar-refractivity contribution in [2.24, 2.45) is 0 Å². The Hall–Kier alpha value is -1.06. The van der Waals surface area contributed by atoms with E-state index in [0.29, 0.717) is 13.1 Å². The Balaban J connectivity index is 2.35. The largest absolute Gasteiger partial charge is 0.355 e. The molecule has 4 heteroatoms. The van der Waals surface area contributed by atoms with E-state index in [1.54, 1.807) is 6.41 Å². The molecular formula is C7H11N2O2. The summed E-state index contributed by atoms with van der Waals surface area (Å²) in [4.78, 5) is 22.6. The van der Waals surface area contributed by atoms with Gasteiger partial charge in [-0.05, 0) is 13.3 Å². The van der Waals surface area contributed by atoms with Crippen LogP contribution in [0.2, 0.25) is 0 Å². The SMILES string of the molecule is CCNC(=O)C1CCN1[C]=O. The molecule has 0 aromatic heterocycles. The normalized spacial score (nSPS) is 22.3. The second kappa shape index (κ2) is 3.37. The Bertz CT molecular complexity index is 170. The van der Waals surface area contributed by atoms with Gasteiger partial charge in [-0.25, -0.2) is 0 Å². The number of carbonyl (C=O) groups excluding carboxylic acids is 2. The standard InChI is InChI=1S/C7H11N2O2/c1-2-8-7(11)6-3-4-9(6)5-10/h6H,2-4H2,1H3,(H,8,11). The highest BCUT2D eigenvalue weighted by Crippen LogP contribution is 2.13. The van der Waals surface area contributed by atoms with E-state index in [0.717, 1.165) is 6.42 Å². The van der Waals surface area contributed by atoms with Crippen LogP contribution in [0.5, 0.6) is 0 Å². The van der Waals surface area contributed by atoms with Crippen LogP contribution in [0, 0.1) is 0 Å². The third-order valence-corrected chi connectivity index (χ3v) is 1.79. The van der Waals surface area contributed by atoms with Gasteiger partial charge in [-0.3, -0.25) is 9.59 Å². The Kier molecular flexibility index (Phi) is 2.46. The summed E-state index contributed by atoms with van der Waals surface area (Å²) in [6, 6.07) is -0.257. The number of hydrogen-bond donors (Lipinski definition) is 1. The molecule has 1 saturated heterocycles. The number of nitrogens with one attached hydrogen (secondary N) is 1. The van der Waals surface area contributed by atoms with E-state index in [1.807, 2.05) is 6.92 Å². The minimum Gasteiger partial charge on any atom is -0.355 e. The number of likely N-dealkylation sites (tertiary alicyclic amines) is 1. The van der Waals surface area contributed by atoms with E-state index < -0.39 is 0 Å². The molecule has 1 unspecified atom stereocenters. The van der Waals surface area contributed by atoms with E-state index in [2.05, 4.69) is 5.32 Å². The molecule has 1 radical (unpaired) electrons. The Morgan fingerprint density at radius 2 is 2.55 bits per heavy atom. The van der Waals surface area contributed by atoms with Crippen LogP contribution in [0.4, 0.5) is 0 Å². The van der Waals surface area contributed by atoms with Crippen LogP contribution in [-0.2, 0) is 9.59 Å². The highest BCUT2D eigenvalue weighted by molar-refractivity contribution is 5.84. The van der Waals surface area contributed by atoms with Gasteiger partial charge >= 0.3 is 6.41 Å². The summed E-state index contributed by atoms with van der Waals surface area (Å²) in [5.41, 5.74) is 0. The molecule has 2 amide bonds. The van der Waals surface area contributed by atoms with Crippen molar-refractivity contribution in [3.8, 4) is 0 Å². The van der Waals surface area contributed by atoms with Crippen LogP contribution in [0.25, 0.3) is 0 Å². The zero-order chi connectivity index (χ0) is 8.27. The third kappa shape index (κ3) is 1.50. The van der Waals surface area contributed by atoms with Gasteiger partial charge in [-0.15, -0.1) is 0 Å². The quantitative estimate of drug-likeness (QED) is 0.583. The fourth-order valence-electron chi connectivity index (χ4n) is 1.06. The highest BCUT2D eigenvalue weighted by atomic mass is 16.2. The topological polar surface area (TPSA) is 49.4 Å². The molecule has 0 aliphatic carbocycles. The van der Waals surface area contributed by atoms with Crippen LogP contribution in [-0.4, -0.2) is 36.3 Å². The van der Waals surface area contributed by atoms with Crippen LogP contribution >= 0.6 is 0 Å². The Morgan fingerprint density at radius 3 is 2.91 bits per heavy atom. The van der Waals surface area contributed by atoms with Gasteiger partial charge in [-0.2, -0.15) is 0 Å². The monoisotopic (exact) mass is 155 g/mol. The average molecular weight is 155 g/mol. The number of carbonyl (C=O) groups is 1. The first kappa shape index (κ1) is 8.04. The summed E-state index contributed by atoms with van der Waals surface area (Å²) in [7, 11) is 0. The van der Waals surface area contributed by atoms with Crippen molar-refractivity contribution >= 4 is 12.3 Å². The maximum Gasteiger partial charge on any atom is 0.312 e. The van der Waals surface area contributed by atoms with Crippen molar-refractivity contribution in [2.45, 2.75) is 19.4 Å². The van der Waals surface area contributed by atoms with Crippen LogP contribution < -0.4 is 5.32 Å². The third-order valence-electron chi connectivity index (χ3n) is 1.79. The molecule has 1 fully saturated rings. The van der Waals surface area contributed by atoms with Crippen LogP contribution in [0.1, 0.15) is 13.3 Å². The maximum absolute atomic E-state index is 11.1. The molecule has 1 rings (SSSR count). The molecule has 1 aliphatic heterocycles. The second-order valence-electron chi connectivity index (χ2n) is 2.48. The first-order chi connectivity index (χ1) is 5.29. The van der Waals surface area contributed by atoms with Crippen molar-refractivity contribution in [1.29, 1.82) is 0 Å². The molecule has 0 spiro atoms. The van der Waals surface area contributed by atoms with Gasteiger partial charge < -0.3 is 10.2 Å². The molecule has 1 aliphatic rings. The smallest absolute Gasteiger partial charge is 0.312 e. The maximum atomic E-state index is 11.1. The molecule has 4 nitrogen and oxygen atoms in total. The predicted molar refractivity (Wildman–Crippen MR) is 39.5 cm³/mol. The van der Waals surface area contributed by atoms with Crippen LogP contribution in [0.15, 0.2) is 0 Å². The highest BCUT2D eigenvalue weighted by Gasteiger charge is 2.32. The lowest BCUT2D eigenvalue weighted by atomic mass is 10.0. The van der Waals surface area contributed by atoms with Gasteiger partial charge in [0.25, 0.3) is 0 Å². The average Bonchev–Trinajstić information content (AvgIpc) is 1.86. The van der Waals surface area contributed by atoms with Gasteiger partial charge in [0.15, 0.2) is 0 Å². The Labute approximate surface area is 65.6 Å². The fraction of sp³-hybridized carbons (Fsp3) is 0.714. The number of hydrogen-bond acceptors (Lipinski definition) is 2. The van der Waals surface area contributed by atoms with Crippen molar-refractivity contribution in [1.82, 2.24) is 10.2 Å². The molecule has 61 valence electrons. The predicted octanol–water partition coefficient (Wildman–Crippen LogP) is -0.736. The van der Waals surface area contributed by atoms with E-state index in [4.69, 9.17) is 0 Å². The summed E-state index contributed by atoms with van der Waals surface area (Å²) in [6.45, 7) is 3.12. The molecule has 1 N–H and O–H groups in total. The Morgan fingerprint density at radius 1 is 1.82 bits per heavy atom. The zero-order valence-corrected chi connectivity index (χ0v) is 6.46. The molecule has 0 aromatic rings. The lowest BCUT2D eigenvalue weighted by Gasteiger charge is -2.35. The molecule has 11 heavy (non-hydrogen) atoms. The first-order valence-electron chi connectivity index (χ1n) is 3.71. The molecule has 0 bridgehead atoms. The van der Waals surface area contributed by atoms with Crippen LogP contribution in [0.3, 0.4) is 0 Å². The summed E-state index contributed by atoms with van der Waals surface area (Å²) in [6.07, 6.45) is 2.48. The minimum absolute atomic E-state index is 0.0675.